The van der Waals surface area contributed by atoms with Crippen molar-refractivity contribution in [2.45, 2.75) is 12.5 Å². The average molecular weight is 442 g/mol. The molecule has 0 spiro atoms. The smallest absolute Gasteiger partial charge is 0.198 e. The zero-order valence-corrected chi connectivity index (χ0v) is 18.4. The van der Waals surface area contributed by atoms with Crippen LogP contribution >= 0.6 is 7.14 Å². The van der Waals surface area contributed by atoms with Gasteiger partial charge in [0.25, 0.3) is 0 Å². The Bertz CT molecular complexity index is 1180. The zero-order valence-electron chi connectivity index (χ0n) is 17.5. The van der Waals surface area contributed by atoms with Gasteiger partial charge in [-0.1, -0.05) is 121 Å². The van der Waals surface area contributed by atoms with Crippen LogP contribution in [0.15, 0.2) is 127 Å². The molecule has 0 aliphatic carbocycles. The van der Waals surface area contributed by atoms with Gasteiger partial charge < -0.3 is 9.67 Å². The van der Waals surface area contributed by atoms with Gasteiger partial charge in [0.15, 0.2) is 12.7 Å². The molecule has 0 aliphatic heterocycles. The lowest BCUT2D eigenvalue weighted by Gasteiger charge is -2.22. The van der Waals surface area contributed by atoms with Gasteiger partial charge in [0.05, 0.1) is 6.10 Å². The highest BCUT2D eigenvalue weighted by atomic mass is 31.2. The summed E-state index contributed by atoms with van der Waals surface area (Å²) in [6, 6.07) is 35.7. The lowest BCUT2D eigenvalue weighted by molar-refractivity contribution is 0.183. The van der Waals surface area contributed by atoms with Crippen LogP contribution in [-0.4, -0.2) is 5.11 Å². The normalized spacial score (nSPS) is 13.3. The quantitative estimate of drug-likeness (QED) is 0.334. The van der Waals surface area contributed by atoms with Gasteiger partial charge in [-0.25, -0.2) is 4.39 Å². The molecule has 0 saturated carbocycles. The number of benzene rings is 4. The standard InChI is InChI=1S/C28H24FO2P/c29-28(32(31,24-17-9-3-10-18-24)25-19-11-4-12-20-25)26(22-13-5-1-6-14-22)21-27(30)23-15-7-2-8-16-23/h1-20,27,30H,21H2. The molecule has 0 saturated heterocycles. The van der Waals surface area contributed by atoms with E-state index >= 15 is 4.39 Å². The minimum atomic E-state index is -3.78. The lowest BCUT2D eigenvalue weighted by Crippen LogP contribution is -2.17. The molecular formula is C28H24FO2P. The van der Waals surface area contributed by atoms with Gasteiger partial charge in [-0.15, -0.1) is 0 Å². The molecule has 0 amide bonds. The van der Waals surface area contributed by atoms with E-state index in [9.17, 15) is 9.67 Å². The Morgan fingerprint density at radius 2 is 1.09 bits per heavy atom. The molecule has 4 aromatic rings. The Morgan fingerprint density at radius 3 is 1.56 bits per heavy atom. The highest BCUT2D eigenvalue weighted by Gasteiger charge is 2.35. The molecular weight excluding hydrogens is 418 g/mol. The molecule has 0 radical (unpaired) electrons. The van der Waals surface area contributed by atoms with Crippen LogP contribution in [0, 0.1) is 0 Å². The Balaban J connectivity index is 1.92. The second kappa shape index (κ2) is 9.91. The maximum Gasteiger partial charge on any atom is 0.198 e. The zero-order chi connectivity index (χ0) is 22.4. The van der Waals surface area contributed by atoms with Crippen LogP contribution in [0.2, 0.25) is 0 Å². The summed E-state index contributed by atoms with van der Waals surface area (Å²) >= 11 is 0. The summed E-state index contributed by atoms with van der Waals surface area (Å²) < 4.78 is 31.1. The van der Waals surface area contributed by atoms with Gasteiger partial charge >= 0.3 is 0 Å². The van der Waals surface area contributed by atoms with Crippen LogP contribution in [0.5, 0.6) is 0 Å². The van der Waals surface area contributed by atoms with Crippen LogP contribution in [0.25, 0.3) is 5.57 Å². The van der Waals surface area contributed by atoms with E-state index in [1.807, 2.05) is 48.5 Å². The molecule has 160 valence electrons. The van der Waals surface area contributed by atoms with Crippen molar-refractivity contribution in [1.29, 1.82) is 0 Å². The molecule has 4 aromatic carbocycles. The van der Waals surface area contributed by atoms with Gasteiger partial charge in [-0.3, -0.25) is 0 Å². The molecule has 32 heavy (non-hydrogen) atoms. The highest BCUT2D eigenvalue weighted by molar-refractivity contribution is 7.82. The predicted octanol–water partition coefficient (Wildman–Crippen LogP) is 6.46. The van der Waals surface area contributed by atoms with Gasteiger partial charge in [0.1, 0.15) is 0 Å². The van der Waals surface area contributed by atoms with E-state index in [1.165, 1.54) is 0 Å². The van der Waals surface area contributed by atoms with Crippen molar-refractivity contribution >= 4 is 23.3 Å². The lowest BCUT2D eigenvalue weighted by atomic mass is 9.97. The molecule has 4 heteroatoms. The van der Waals surface area contributed by atoms with Crippen molar-refractivity contribution < 1.29 is 14.1 Å². The molecule has 0 fully saturated rings. The maximum atomic E-state index is 16.6. The van der Waals surface area contributed by atoms with E-state index in [0.29, 0.717) is 21.7 Å². The summed E-state index contributed by atoms with van der Waals surface area (Å²) in [6.45, 7) is 0. The van der Waals surface area contributed by atoms with E-state index in [0.717, 1.165) is 0 Å². The third-order valence-corrected chi connectivity index (χ3v) is 8.34. The number of aliphatic hydroxyl groups is 1. The first kappa shape index (κ1) is 22.0. The van der Waals surface area contributed by atoms with E-state index in [1.54, 1.807) is 72.8 Å². The largest absolute Gasteiger partial charge is 0.388 e. The third-order valence-electron chi connectivity index (χ3n) is 5.47. The fraction of sp³-hybridized carbons (Fsp3) is 0.0714. The molecule has 4 rings (SSSR count). The van der Waals surface area contributed by atoms with Crippen molar-refractivity contribution in [3.05, 3.63) is 138 Å². The van der Waals surface area contributed by atoms with Gasteiger partial charge in [0.2, 0.25) is 0 Å². The Morgan fingerprint density at radius 1 is 0.688 bits per heavy atom. The molecule has 0 heterocycles. The van der Waals surface area contributed by atoms with E-state index in [2.05, 4.69) is 0 Å². The number of halogens is 1. The number of rotatable bonds is 7. The Labute approximate surface area is 188 Å². The topological polar surface area (TPSA) is 37.3 Å². The van der Waals surface area contributed by atoms with Crippen LogP contribution in [-0.2, 0) is 4.57 Å². The summed E-state index contributed by atoms with van der Waals surface area (Å²) in [5, 5.41) is 11.8. The van der Waals surface area contributed by atoms with Crippen LogP contribution in [0.3, 0.4) is 0 Å². The van der Waals surface area contributed by atoms with Crippen molar-refractivity contribution in [1.82, 2.24) is 0 Å². The highest BCUT2D eigenvalue weighted by Crippen LogP contribution is 2.56. The summed E-state index contributed by atoms with van der Waals surface area (Å²) in [5.41, 5.74) is 0.837. The molecule has 1 atom stereocenters. The third kappa shape index (κ3) is 4.50. The van der Waals surface area contributed by atoms with Crippen LogP contribution in [0.1, 0.15) is 23.7 Å². The maximum absolute atomic E-state index is 16.6. The van der Waals surface area contributed by atoms with Gasteiger partial charge in [-0.2, -0.15) is 0 Å². The number of hydrogen-bond donors (Lipinski definition) is 1. The minimum absolute atomic E-state index is 0.00349. The molecule has 2 nitrogen and oxygen atoms in total. The minimum Gasteiger partial charge on any atom is -0.388 e. The molecule has 0 bridgehead atoms. The van der Waals surface area contributed by atoms with E-state index < -0.39 is 18.8 Å². The van der Waals surface area contributed by atoms with Crippen molar-refractivity contribution in [3.63, 3.8) is 0 Å². The molecule has 0 aliphatic rings. The van der Waals surface area contributed by atoms with E-state index in [4.69, 9.17) is 0 Å². The second-order valence-corrected chi connectivity index (χ2v) is 10.2. The second-order valence-electron chi connectivity index (χ2n) is 7.55. The molecule has 0 aromatic heterocycles. The van der Waals surface area contributed by atoms with Crippen LogP contribution in [0.4, 0.5) is 4.39 Å². The number of hydrogen-bond acceptors (Lipinski definition) is 2. The van der Waals surface area contributed by atoms with Crippen molar-refractivity contribution in [2.24, 2.45) is 0 Å². The monoisotopic (exact) mass is 442 g/mol. The summed E-state index contributed by atoms with van der Waals surface area (Å²) in [7, 11) is -3.78. The first-order valence-electron chi connectivity index (χ1n) is 10.5. The Hall–Kier alpha value is -3.26. The summed E-state index contributed by atoms with van der Waals surface area (Å²) in [6.07, 6.45) is -0.930. The number of aliphatic hydroxyl groups excluding tert-OH is 1. The summed E-state index contributed by atoms with van der Waals surface area (Å²) in [5.74, 6) is 0. The Kier molecular flexibility index (Phi) is 6.80. The average Bonchev–Trinajstić information content (AvgIpc) is 2.88. The van der Waals surface area contributed by atoms with E-state index in [-0.39, 0.29) is 12.0 Å². The van der Waals surface area contributed by atoms with Gasteiger partial charge in [-0.05, 0) is 11.1 Å². The first-order valence-corrected chi connectivity index (χ1v) is 12.2. The predicted molar refractivity (Wildman–Crippen MR) is 130 cm³/mol. The first-order chi connectivity index (χ1) is 15.6. The molecule has 1 N–H and O–H groups in total. The van der Waals surface area contributed by atoms with Crippen molar-refractivity contribution in [3.8, 4) is 0 Å². The van der Waals surface area contributed by atoms with Gasteiger partial charge in [0, 0.05) is 22.6 Å². The van der Waals surface area contributed by atoms with Crippen molar-refractivity contribution in [2.75, 3.05) is 0 Å². The molecule has 1 unspecified atom stereocenters. The summed E-state index contributed by atoms with van der Waals surface area (Å²) in [4.78, 5) is 0. The fourth-order valence-electron chi connectivity index (χ4n) is 3.79. The SMILES string of the molecule is O=P(C(F)=C(CC(O)c1ccccc1)c1ccccc1)(c1ccccc1)c1ccccc1. The van der Waals surface area contributed by atoms with Crippen LogP contribution < -0.4 is 10.6 Å². The fourth-order valence-corrected chi connectivity index (χ4v) is 6.32.